The molecule has 0 bridgehead atoms. The Kier molecular flexibility index (Phi) is 5.44. The van der Waals surface area contributed by atoms with Gasteiger partial charge in [-0.15, -0.1) is 11.6 Å². The molecule has 1 aliphatic rings. The molecule has 0 saturated carbocycles. The summed E-state index contributed by atoms with van der Waals surface area (Å²) in [6, 6.07) is 7.28. The fourth-order valence-corrected chi connectivity index (χ4v) is 2.76. The van der Waals surface area contributed by atoms with Crippen LogP contribution in [0.2, 0.25) is 5.02 Å². The number of allylic oxidation sites excluding steroid dienone is 4. The van der Waals surface area contributed by atoms with Crippen LogP contribution < -0.4 is 15.6 Å². The Morgan fingerprint density at radius 3 is 2.81 bits per heavy atom. The first kappa shape index (κ1) is 18.2. The number of amides is 1. The van der Waals surface area contributed by atoms with E-state index in [9.17, 15) is 14.0 Å². The molecule has 2 aromatic rings. The Morgan fingerprint density at radius 2 is 2.08 bits per heavy atom. The number of H-pyrrole nitrogens is 1. The molecular formula is C18H13Cl2FN2O3. The summed E-state index contributed by atoms with van der Waals surface area (Å²) in [5, 5.41) is 2.27. The van der Waals surface area contributed by atoms with Crippen molar-refractivity contribution in [1.29, 1.82) is 0 Å². The van der Waals surface area contributed by atoms with E-state index in [4.69, 9.17) is 27.9 Å². The average Bonchev–Trinajstić information content (AvgIpc) is 2.57. The molecule has 0 radical (unpaired) electrons. The minimum Gasteiger partial charge on any atom is -0.459 e. The van der Waals surface area contributed by atoms with E-state index in [1.54, 1.807) is 6.07 Å². The summed E-state index contributed by atoms with van der Waals surface area (Å²) in [6.45, 7) is 0. The van der Waals surface area contributed by atoms with Gasteiger partial charge in [0.2, 0.25) is 5.56 Å². The number of pyridine rings is 1. The summed E-state index contributed by atoms with van der Waals surface area (Å²) in [4.78, 5) is 26.4. The monoisotopic (exact) mass is 394 g/mol. The highest BCUT2D eigenvalue weighted by Gasteiger charge is 2.22. The van der Waals surface area contributed by atoms with E-state index in [-0.39, 0.29) is 29.1 Å². The molecule has 0 fully saturated rings. The first-order chi connectivity index (χ1) is 12.4. The smallest absolute Gasteiger partial charge is 0.259 e. The highest BCUT2D eigenvalue weighted by Crippen LogP contribution is 2.31. The molecule has 1 amide bonds. The molecule has 1 unspecified atom stereocenters. The van der Waals surface area contributed by atoms with Crippen LogP contribution in [-0.4, -0.2) is 16.3 Å². The lowest BCUT2D eigenvalue weighted by molar-refractivity contribution is 0.102. The second kappa shape index (κ2) is 7.76. The van der Waals surface area contributed by atoms with Gasteiger partial charge < -0.3 is 15.0 Å². The summed E-state index contributed by atoms with van der Waals surface area (Å²) in [5.74, 6) is -0.366. The van der Waals surface area contributed by atoms with Crippen LogP contribution >= 0.6 is 23.2 Å². The number of benzene rings is 1. The number of rotatable bonds is 4. The zero-order valence-electron chi connectivity index (χ0n) is 13.3. The van der Waals surface area contributed by atoms with E-state index in [2.05, 4.69) is 10.3 Å². The average molecular weight is 395 g/mol. The zero-order chi connectivity index (χ0) is 18.7. The lowest BCUT2D eigenvalue weighted by Crippen LogP contribution is -2.17. The van der Waals surface area contributed by atoms with Gasteiger partial charge in [0.25, 0.3) is 5.91 Å². The van der Waals surface area contributed by atoms with Gasteiger partial charge in [0, 0.05) is 35.5 Å². The number of alkyl halides is 1. The predicted molar refractivity (Wildman–Crippen MR) is 98.6 cm³/mol. The Balaban J connectivity index is 1.88. The molecule has 26 heavy (non-hydrogen) atoms. The fraction of sp³-hybridized carbons (Fsp3) is 0.111. The number of nitrogens with one attached hydrogen (secondary N) is 2. The molecule has 134 valence electrons. The van der Waals surface area contributed by atoms with Crippen molar-refractivity contribution in [2.75, 3.05) is 5.32 Å². The molecule has 2 N–H and O–H groups in total. The van der Waals surface area contributed by atoms with Crippen molar-refractivity contribution in [3.05, 3.63) is 81.2 Å². The van der Waals surface area contributed by atoms with Crippen molar-refractivity contribution in [1.82, 2.24) is 4.98 Å². The van der Waals surface area contributed by atoms with Gasteiger partial charge in [0.15, 0.2) is 0 Å². The maximum atomic E-state index is 13.3. The van der Waals surface area contributed by atoms with Crippen LogP contribution in [0.4, 0.5) is 10.1 Å². The number of anilines is 1. The third-order valence-electron chi connectivity index (χ3n) is 3.56. The predicted octanol–water partition coefficient (Wildman–Crippen LogP) is 4.41. The summed E-state index contributed by atoms with van der Waals surface area (Å²) in [6.07, 6.45) is 4.09. The molecule has 1 atom stereocenters. The fourth-order valence-electron chi connectivity index (χ4n) is 2.33. The second-order valence-electron chi connectivity index (χ2n) is 5.49. The summed E-state index contributed by atoms with van der Waals surface area (Å²) < 4.78 is 19.0. The van der Waals surface area contributed by atoms with Gasteiger partial charge in [-0.1, -0.05) is 11.6 Å². The highest BCUT2D eigenvalue weighted by atomic mass is 35.5. The van der Waals surface area contributed by atoms with Gasteiger partial charge in [-0.2, -0.15) is 0 Å². The van der Waals surface area contributed by atoms with E-state index in [1.807, 2.05) is 0 Å². The second-order valence-corrected chi connectivity index (χ2v) is 6.46. The standard InChI is InChI=1S/C18H13Cl2FN2O3/c19-10-1-3-13(18(25)23-12-5-6-22-17(24)9-12)16(7-10)26-15-4-2-11(21)8-14(15)20/h1-7,9,14H,8H2,(H2,22,23,24,25). The Hall–Kier alpha value is -2.57. The van der Waals surface area contributed by atoms with Crippen LogP contribution in [0.25, 0.3) is 0 Å². The van der Waals surface area contributed by atoms with E-state index >= 15 is 0 Å². The van der Waals surface area contributed by atoms with Crippen molar-refractivity contribution < 1.29 is 13.9 Å². The molecule has 0 aliphatic heterocycles. The Morgan fingerprint density at radius 1 is 1.27 bits per heavy atom. The number of carbonyl (C=O) groups excluding carboxylic acids is 1. The summed E-state index contributed by atoms with van der Waals surface area (Å²) in [5.41, 5.74) is 0.174. The summed E-state index contributed by atoms with van der Waals surface area (Å²) >= 11 is 12.1. The van der Waals surface area contributed by atoms with E-state index < -0.39 is 11.3 Å². The minimum atomic E-state index is -0.692. The van der Waals surface area contributed by atoms with Crippen molar-refractivity contribution in [2.45, 2.75) is 11.8 Å². The van der Waals surface area contributed by atoms with Crippen LogP contribution in [0.1, 0.15) is 16.8 Å². The number of carbonyl (C=O) groups is 1. The van der Waals surface area contributed by atoms with Crippen molar-refractivity contribution in [3.8, 4) is 5.75 Å². The molecule has 8 heteroatoms. The van der Waals surface area contributed by atoms with Crippen molar-refractivity contribution >= 4 is 34.8 Å². The van der Waals surface area contributed by atoms with E-state index in [0.29, 0.717) is 16.5 Å². The highest BCUT2D eigenvalue weighted by molar-refractivity contribution is 6.31. The Labute approximate surface area is 158 Å². The van der Waals surface area contributed by atoms with E-state index in [0.717, 1.165) is 0 Å². The van der Waals surface area contributed by atoms with Gasteiger partial charge in [-0.25, -0.2) is 4.39 Å². The van der Waals surface area contributed by atoms with Gasteiger partial charge in [-0.3, -0.25) is 9.59 Å². The van der Waals surface area contributed by atoms with Crippen molar-refractivity contribution in [2.24, 2.45) is 0 Å². The van der Waals surface area contributed by atoms with Crippen LogP contribution in [-0.2, 0) is 0 Å². The molecule has 3 rings (SSSR count). The normalized spacial score (nSPS) is 16.5. The molecule has 1 aliphatic carbocycles. The SMILES string of the molecule is O=C(Nc1cc[nH]c(=O)c1)c1ccc(Cl)cc1OC1=CC=C(F)CC1Cl. The van der Waals surface area contributed by atoms with Crippen LogP contribution in [0.3, 0.4) is 0 Å². The van der Waals surface area contributed by atoms with Gasteiger partial charge in [0.05, 0.1) is 10.9 Å². The van der Waals surface area contributed by atoms with E-state index in [1.165, 1.54) is 42.6 Å². The van der Waals surface area contributed by atoms with Gasteiger partial charge in [0.1, 0.15) is 17.3 Å². The van der Waals surface area contributed by atoms with Crippen LogP contribution in [0.15, 0.2) is 65.1 Å². The van der Waals surface area contributed by atoms with Crippen molar-refractivity contribution in [3.63, 3.8) is 0 Å². The first-order valence-electron chi connectivity index (χ1n) is 7.60. The minimum absolute atomic E-state index is 0.00226. The number of hydrogen-bond acceptors (Lipinski definition) is 3. The molecule has 1 heterocycles. The summed E-state index contributed by atoms with van der Waals surface area (Å²) in [7, 11) is 0. The van der Waals surface area contributed by atoms with Gasteiger partial charge >= 0.3 is 0 Å². The maximum absolute atomic E-state index is 13.3. The third-order valence-corrected chi connectivity index (χ3v) is 4.16. The molecule has 5 nitrogen and oxygen atoms in total. The largest absolute Gasteiger partial charge is 0.459 e. The topological polar surface area (TPSA) is 71.2 Å². The number of halogens is 3. The molecule has 1 aromatic carbocycles. The van der Waals surface area contributed by atoms with Gasteiger partial charge in [-0.05, 0) is 30.4 Å². The number of aromatic nitrogens is 1. The zero-order valence-corrected chi connectivity index (χ0v) is 14.8. The number of aromatic amines is 1. The third kappa shape index (κ3) is 4.33. The molecule has 0 saturated heterocycles. The Bertz CT molecular complexity index is 969. The quantitative estimate of drug-likeness (QED) is 0.754. The number of hydrogen-bond donors (Lipinski definition) is 2. The lowest BCUT2D eigenvalue weighted by atomic mass is 10.1. The molecule has 1 aromatic heterocycles. The van der Waals surface area contributed by atoms with Crippen LogP contribution in [0, 0.1) is 0 Å². The maximum Gasteiger partial charge on any atom is 0.259 e. The first-order valence-corrected chi connectivity index (χ1v) is 8.41. The lowest BCUT2D eigenvalue weighted by Gasteiger charge is -2.19. The molecule has 0 spiro atoms. The number of ether oxygens (including phenoxy) is 1. The van der Waals surface area contributed by atoms with Crippen LogP contribution in [0.5, 0.6) is 5.75 Å². The molecular weight excluding hydrogens is 382 g/mol.